The Balaban J connectivity index is 1.73. The Morgan fingerprint density at radius 2 is 1.85 bits per heavy atom. The van der Waals surface area contributed by atoms with Crippen molar-refractivity contribution < 1.29 is 14.6 Å². The van der Waals surface area contributed by atoms with Gasteiger partial charge in [-0.25, -0.2) is 0 Å². The molecule has 0 unspecified atom stereocenters. The monoisotopic (exact) mass is 365 g/mol. The van der Waals surface area contributed by atoms with Gasteiger partial charge in [-0.15, -0.1) is 0 Å². The summed E-state index contributed by atoms with van der Waals surface area (Å²) in [4.78, 5) is 8.82. The Hall–Kier alpha value is -3.28. The number of phenols is 1. The van der Waals surface area contributed by atoms with Crippen molar-refractivity contribution in [1.82, 2.24) is 9.97 Å². The number of anilines is 1. The lowest BCUT2D eigenvalue weighted by atomic mass is 10.1. The maximum atomic E-state index is 9.72. The SMILES string of the molecule is CCOc1nc(NCCc2ccc(OC)cc2)cc(-c2cccc(O)c2)n1. The number of nitrogens with one attached hydrogen (secondary N) is 1. The van der Waals surface area contributed by atoms with Crippen molar-refractivity contribution in [2.24, 2.45) is 0 Å². The zero-order valence-corrected chi connectivity index (χ0v) is 15.5. The van der Waals surface area contributed by atoms with Crippen LogP contribution in [-0.2, 0) is 6.42 Å². The fourth-order valence-electron chi connectivity index (χ4n) is 2.65. The van der Waals surface area contributed by atoms with Gasteiger partial charge in [0.15, 0.2) is 0 Å². The van der Waals surface area contributed by atoms with Crippen molar-refractivity contribution in [3.63, 3.8) is 0 Å². The molecule has 140 valence electrons. The number of nitrogens with zero attached hydrogens (tertiary/aromatic N) is 2. The lowest BCUT2D eigenvalue weighted by Crippen LogP contribution is -2.08. The first-order chi connectivity index (χ1) is 13.2. The third-order valence-corrected chi connectivity index (χ3v) is 4.00. The van der Waals surface area contributed by atoms with Crippen LogP contribution in [0, 0.1) is 0 Å². The van der Waals surface area contributed by atoms with Crippen molar-refractivity contribution in [1.29, 1.82) is 0 Å². The molecule has 3 aromatic rings. The quantitative estimate of drug-likeness (QED) is 0.630. The fourth-order valence-corrected chi connectivity index (χ4v) is 2.65. The van der Waals surface area contributed by atoms with Crippen LogP contribution in [0.4, 0.5) is 5.82 Å². The first-order valence-corrected chi connectivity index (χ1v) is 8.86. The van der Waals surface area contributed by atoms with Crippen molar-refractivity contribution in [3.8, 4) is 28.8 Å². The van der Waals surface area contributed by atoms with E-state index in [9.17, 15) is 5.11 Å². The molecule has 0 spiro atoms. The van der Waals surface area contributed by atoms with Gasteiger partial charge in [0.1, 0.15) is 17.3 Å². The van der Waals surface area contributed by atoms with Crippen LogP contribution < -0.4 is 14.8 Å². The molecule has 0 atom stereocenters. The molecule has 0 saturated carbocycles. The maximum Gasteiger partial charge on any atom is 0.318 e. The molecule has 0 saturated heterocycles. The van der Waals surface area contributed by atoms with E-state index in [2.05, 4.69) is 15.3 Å². The summed E-state index contributed by atoms with van der Waals surface area (Å²) >= 11 is 0. The smallest absolute Gasteiger partial charge is 0.318 e. The summed E-state index contributed by atoms with van der Waals surface area (Å²) in [5, 5.41) is 13.0. The van der Waals surface area contributed by atoms with Gasteiger partial charge in [0, 0.05) is 18.2 Å². The number of aromatic hydroxyl groups is 1. The van der Waals surface area contributed by atoms with Gasteiger partial charge in [-0.3, -0.25) is 0 Å². The highest BCUT2D eigenvalue weighted by molar-refractivity contribution is 5.64. The number of phenolic OH excluding ortho intramolecular Hbond substituents is 1. The van der Waals surface area contributed by atoms with Crippen LogP contribution in [0.5, 0.6) is 17.5 Å². The standard InChI is InChI=1S/C21H23N3O3/c1-3-27-21-23-19(16-5-4-6-17(25)13-16)14-20(24-21)22-12-11-15-7-9-18(26-2)10-8-15/h4-10,13-14,25H,3,11-12H2,1-2H3,(H,22,23,24). The van der Waals surface area contributed by atoms with E-state index in [0.717, 1.165) is 17.7 Å². The van der Waals surface area contributed by atoms with Crippen LogP contribution in [0.25, 0.3) is 11.3 Å². The normalized spacial score (nSPS) is 10.4. The number of rotatable bonds is 8. The highest BCUT2D eigenvalue weighted by Crippen LogP contribution is 2.25. The summed E-state index contributed by atoms with van der Waals surface area (Å²) in [6, 6.07) is 17.1. The molecule has 0 bridgehead atoms. The second kappa shape index (κ2) is 8.89. The van der Waals surface area contributed by atoms with E-state index in [1.807, 2.05) is 43.3 Å². The zero-order chi connectivity index (χ0) is 19.1. The van der Waals surface area contributed by atoms with Crippen LogP contribution >= 0.6 is 0 Å². The number of methoxy groups -OCH3 is 1. The predicted octanol–water partition coefficient (Wildman–Crippen LogP) is 3.91. The summed E-state index contributed by atoms with van der Waals surface area (Å²) in [6.45, 7) is 3.09. The number of aromatic nitrogens is 2. The average molecular weight is 365 g/mol. The highest BCUT2D eigenvalue weighted by atomic mass is 16.5. The van der Waals surface area contributed by atoms with Gasteiger partial charge in [0.05, 0.1) is 19.4 Å². The van der Waals surface area contributed by atoms with Crippen LogP contribution in [-0.4, -0.2) is 35.3 Å². The lowest BCUT2D eigenvalue weighted by Gasteiger charge is -2.11. The van der Waals surface area contributed by atoms with Crippen LogP contribution in [0.15, 0.2) is 54.6 Å². The largest absolute Gasteiger partial charge is 0.508 e. The third-order valence-electron chi connectivity index (χ3n) is 4.00. The number of hydrogen-bond acceptors (Lipinski definition) is 6. The first kappa shape index (κ1) is 18.5. The van der Waals surface area contributed by atoms with Crippen LogP contribution in [0.2, 0.25) is 0 Å². The molecule has 6 nitrogen and oxygen atoms in total. The van der Waals surface area contributed by atoms with Crippen molar-refractivity contribution >= 4 is 5.82 Å². The molecule has 1 heterocycles. The van der Waals surface area contributed by atoms with Crippen LogP contribution in [0.3, 0.4) is 0 Å². The van der Waals surface area contributed by atoms with Crippen molar-refractivity contribution in [3.05, 3.63) is 60.2 Å². The molecule has 27 heavy (non-hydrogen) atoms. The van der Waals surface area contributed by atoms with Crippen molar-refractivity contribution in [2.45, 2.75) is 13.3 Å². The zero-order valence-electron chi connectivity index (χ0n) is 15.5. The lowest BCUT2D eigenvalue weighted by molar-refractivity contribution is 0.313. The molecule has 2 N–H and O–H groups in total. The molecule has 1 aromatic heterocycles. The molecule has 0 aliphatic carbocycles. The minimum Gasteiger partial charge on any atom is -0.508 e. The maximum absolute atomic E-state index is 9.72. The van der Waals surface area contributed by atoms with E-state index in [4.69, 9.17) is 9.47 Å². The number of hydrogen-bond donors (Lipinski definition) is 2. The van der Waals surface area contributed by atoms with E-state index in [0.29, 0.717) is 30.7 Å². The molecule has 6 heteroatoms. The Morgan fingerprint density at radius 1 is 1.04 bits per heavy atom. The Bertz CT molecular complexity index is 882. The second-order valence-electron chi connectivity index (χ2n) is 5.93. The topological polar surface area (TPSA) is 76.5 Å². The van der Waals surface area contributed by atoms with E-state index in [1.165, 1.54) is 5.56 Å². The molecular weight excluding hydrogens is 342 g/mol. The predicted molar refractivity (Wildman–Crippen MR) is 105 cm³/mol. The summed E-state index contributed by atoms with van der Waals surface area (Å²) in [6.07, 6.45) is 0.847. The van der Waals surface area contributed by atoms with Gasteiger partial charge in [-0.1, -0.05) is 24.3 Å². The molecule has 2 aromatic carbocycles. The molecular formula is C21H23N3O3. The Labute approximate surface area is 158 Å². The molecule has 0 aliphatic heterocycles. The van der Waals surface area contributed by atoms with E-state index in [-0.39, 0.29) is 5.75 Å². The minimum atomic E-state index is 0.193. The third kappa shape index (κ3) is 5.10. The van der Waals surface area contributed by atoms with Gasteiger partial charge in [0.2, 0.25) is 0 Å². The van der Waals surface area contributed by atoms with Gasteiger partial charge in [-0.05, 0) is 43.2 Å². The van der Waals surface area contributed by atoms with Gasteiger partial charge < -0.3 is 19.9 Å². The summed E-state index contributed by atoms with van der Waals surface area (Å²) in [5.74, 6) is 1.72. The second-order valence-corrected chi connectivity index (χ2v) is 5.93. The van der Waals surface area contributed by atoms with Gasteiger partial charge in [0.25, 0.3) is 0 Å². The van der Waals surface area contributed by atoms with E-state index < -0.39 is 0 Å². The van der Waals surface area contributed by atoms with Crippen molar-refractivity contribution in [2.75, 3.05) is 25.6 Å². The van der Waals surface area contributed by atoms with E-state index in [1.54, 1.807) is 25.3 Å². The Kier molecular flexibility index (Phi) is 6.10. The summed E-state index contributed by atoms with van der Waals surface area (Å²) in [5.41, 5.74) is 2.70. The number of benzene rings is 2. The fraction of sp³-hybridized carbons (Fsp3) is 0.238. The van der Waals surface area contributed by atoms with Gasteiger partial charge in [-0.2, -0.15) is 9.97 Å². The van der Waals surface area contributed by atoms with Gasteiger partial charge >= 0.3 is 6.01 Å². The first-order valence-electron chi connectivity index (χ1n) is 8.86. The highest BCUT2D eigenvalue weighted by Gasteiger charge is 2.08. The van der Waals surface area contributed by atoms with Crippen LogP contribution in [0.1, 0.15) is 12.5 Å². The Morgan fingerprint density at radius 3 is 2.56 bits per heavy atom. The minimum absolute atomic E-state index is 0.193. The van der Waals surface area contributed by atoms with E-state index >= 15 is 0 Å². The number of ether oxygens (including phenoxy) is 2. The summed E-state index contributed by atoms with van der Waals surface area (Å²) < 4.78 is 10.7. The average Bonchev–Trinajstić information content (AvgIpc) is 2.69. The summed E-state index contributed by atoms with van der Waals surface area (Å²) in [7, 11) is 1.66. The molecule has 3 rings (SSSR count). The molecule has 0 aliphatic rings. The molecule has 0 fully saturated rings. The molecule has 0 amide bonds. The molecule has 0 radical (unpaired) electrons.